The van der Waals surface area contributed by atoms with E-state index in [9.17, 15) is 4.39 Å². The summed E-state index contributed by atoms with van der Waals surface area (Å²) in [6, 6.07) is 5.05. The molecule has 2 N–H and O–H groups in total. The van der Waals surface area contributed by atoms with Gasteiger partial charge < -0.3 is 5.73 Å². The van der Waals surface area contributed by atoms with Crippen molar-refractivity contribution in [3.05, 3.63) is 40.1 Å². The van der Waals surface area contributed by atoms with E-state index in [1.807, 2.05) is 13.0 Å². The van der Waals surface area contributed by atoms with E-state index in [0.717, 1.165) is 29.3 Å². The first-order valence-electron chi connectivity index (χ1n) is 5.41. The van der Waals surface area contributed by atoms with E-state index in [1.165, 1.54) is 6.07 Å². The van der Waals surface area contributed by atoms with Crippen molar-refractivity contribution in [1.82, 2.24) is 0 Å². The van der Waals surface area contributed by atoms with Crippen molar-refractivity contribution in [2.45, 2.75) is 31.7 Å². The standard InChI is InChI=1S/C13H15BrFN/c1-13(16)6-4-9(5-7-13)11-8-10(14)2-3-12(11)15/h2-4,8H,5-7,16H2,1H3. The van der Waals surface area contributed by atoms with E-state index in [-0.39, 0.29) is 11.4 Å². The summed E-state index contributed by atoms with van der Waals surface area (Å²) >= 11 is 3.37. The Balaban J connectivity index is 2.32. The topological polar surface area (TPSA) is 26.0 Å². The van der Waals surface area contributed by atoms with Crippen molar-refractivity contribution in [3.8, 4) is 0 Å². The summed E-state index contributed by atoms with van der Waals surface area (Å²) in [6.45, 7) is 2.04. The van der Waals surface area contributed by atoms with E-state index in [2.05, 4.69) is 22.0 Å². The summed E-state index contributed by atoms with van der Waals surface area (Å²) in [6.07, 6.45) is 4.63. The van der Waals surface area contributed by atoms with Crippen LogP contribution in [0.1, 0.15) is 31.7 Å². The third-order valence-electron chi connectivity index (χ3n) is 3.05. The number of allylic oxidation sites excluding steroid dienone is 1. The molecule has 0 aliphatic heterocycles. The molecule has 0 saturated heterocycles. The van der Waals surface area contributed by atoms with Crippen LogP contribution in [-0.4, -0.2) is 5.54 Å². The summed E-state index contributed by atoms with van der Waals surface area (Å²) in [4.78, 5) is 0. The van der Waals surface area contributed by atoms with Crippen LogP contribution in [0.4, 0.5) is 4.39 Å². The number of benzene rings is 1. The van der Waals surface area contributed by atoms with E-state index in [1.54, 1.807) is 6.07 Å². The normalized spacial score (nSPS) is 25.4. The monoisotopic (exact) mass is 283 g/mol. The van der Waals surface area contributed by atoms with Crippen molar-refractivity contribution >= 4 is 21.5 Å². The summed E-state index contributed by atoms with van der Waals surface area (Å²) < 4.78 is 14.6. The van der Waals surface area contributed by atoms with Gasteiger partial charge in [0.15, 0.2) is 0 Å². The highest BCUT2D eigenvalue weighted by atomic mass is 79.9. The lowest BCUT2D eigenvalue weighted by atomic mass is 9.83. The van der Waals surface area contributed by atoms with Gasteiger partial charge >= 0.3 is 0 Å². The third-order valence-corrected chi connectivity index (χ3v) is 3.55. The van der Waals surface area contributed by atoms with Crippen molar-refractivity contribution in [2.24, 2.45) is 5.73 Å². The molecule has 0 aromatic heterocycles. The summed E-state index contributed by atoms with van der Waals surface area (Å²) in [5, 5.41) is 0. The third kappa shape index (κ3) is 2.53. The molecule has 3 heteroatoms. The molecule has 0 bridgehead atoms. The molecule has 1 atom stereocenters. The van der Waals surface area contributed by atoms with Crippen LogP contribution < -0.4 is 5.73 Å². The van der Waals surface area contributed by atoms with E-state index in [4.69, 9.17) is 5.73 Å². The Labute approximate surface area is 104 Å². The van der Waals surface area contributed by atoms with E-state index < -0.39 is 0 Å². The molecule has 1 aliphatic rings. The molecular formula is C13H15BrFN. The molecule has 2 rings (SSSR count). The van der Waals surface area contributed by atoms with Gasteiger partial charge in [-0.2, -0.15) is 0 Å². The van der Waals surface area contributed by atoms with Crippen LogP contribution in [0.15, 0.2) is 28.7 Å². The zero-order valence-electron chi connectivity index (χ0n) is 9.26. The Hall–Kier alpha value is -0.670. The predicted octanol–water partition coefficient (Wildman–Crippen LogP) is 3.87. The smallest absolute Gasteiger partial charge is 0.130 e. The minimum atomic E-state index is -0.157. The largest absolute Gasteiger partial charge is 0.325 e. The average molecular weight is 284 g/mol. The van der Waals surface area contributed by atoms with Gasteiger partial charge in [0.1, 0.15) is 5.82 Å². The molecule has 0 heterocycles. The second-order valence-electron chi connectivity index (χ2n) is 4.71. The van der Waals surface area contributed by atoms with Crippen LogP contribution in [0.25, 0.3) is 5.57 Å². The van der Waals surface area contributed by atoms with Crippen molar-refractivity contribution in [1.29, 1.82) is 0 Å². The highest BCUT2D eigenvalue weighted by Gasteiger charge is 2.23. The number of rotatable bonds is 1. The molecule has 1 aliphatic carbocycles. The number of hydrogen-bond donors (Lipinski definition) is 1. The summed E-state index contributed by atoms with van der Waals surface area (Å²) in [5.74, 6) is -0.157. The highest BCUT2D eigenvalue weighted by molar-refractivity contribution is 9.10. The molecule has 0 radical (unpaired) electrons. The van der Waals surface area contributed by atoms with Gasteiger partial charge in [-0.15, -0.1) is 0 Å². The molecular weight excluding hydrogens is 269 g/mol. The van der Waals surface area contributed by atoms with Crippen LogP contribution in [-0.2, 0) is 0 Å². The van der Waals surface area contributed by atoms with Crippen molar-refractivity contribution in [3.63, 3.8) is 0 Å². The van der Waals surface area contributed by atoms with Gasteiger partial charge in [-0.3, -0.25) is 0 Å². The van der Waals surface area contributed by atoms with E-state index >= 15 is 0 Å². The van der Waals surface area contributed by atoms with Gasteiger partial charge in [-0.1, -0.05) is 22.0 Å². The fourth-order valence-electron chi connectivity index (χ4n) is 1.97. The lowest BCUT2D eigenvalue weighted by Gasteiger charge is -2.28. The molecule has 86 valence electrons. The van der Waals surface area contributed by atoms with Crippen molar-refractivity contribution in [2.75, 3.05) is 0 Å². The molecule has 1 unspecified atom stereocenters. The number of hydrogen-bond acceptors (Lipinski definition) is 1. The minimum Gasteiger partial charge on any atom is -0.325 e. The van der Waals surface area contributed by atoms with Crippen molar-refractivity contribution < 1.29 is 4.39 Å². The van der Waals surface area contributed by atoms with Crippen LogP contribution in [0.3, 0.4) is 0 Å². The first-order valence-corrected chi connectivity index (χ1v) is 6.21. The van der Waals surface area contributed by atoms with Crippen LogP contribution >= 0.6 is 15.9 Å². The van der Waals surface area contributed by atoms with Gasteiger partial charge in [0.25, 0.3) is 0 Å². The maximum atomic E-state index is 13.7. The summed E-state index contributed by atoms with van der Waals surface area (Å²) in [5.41, 5.74) is 7.68. The second kappa shape index (κ2) is 4.30. The van der Waals surface area contributed by atoms with Gasteiger partial charge in [-0.05, 0) is 50.0 Å². The van der Waals surface area contributed by atoms with Gasteiger partial charge in [0.2, 0.25) is 0 Å². The first kappa shape index (κ1) is 11.8. The number of nitrogens with two attached hydrogens (primary N) is 1. The first-order chi connectivity index (χ1) is 7.48. The number of halogens is 2. The summed E-state index contributed by atoms with van der Waals surface area (Å²) in [7, 11) is 0. The fourth-order valence-corrected chi connectivity index (χ4v) is 2.33. The van der Waals surface area contributed by atoms with Gasteiger partial charge in [0, 0.05) is 15.6 Å². The Morgan fingerprint density at radius 1 is 1.44 bits per heavy atom. The lowest BCUT2D eigenvalue weighted by molar-refractivity contribution is 0.431. The Bertz CT molecular complexity index is 438. The molecule has 0 spiro atoms. The lowest BCUT2D eigenvalue weighted by Crippen LogP contribution is -2.37. The molecule has 0 saturated carbocycles. The average Bonchev–Trinajstić information content (AvgIpc) is 2.22. The zero-order valence-corrected chi connectivity index (χ0v) is 10.8. The van der Waals surface area contributed by atoms with Crippen LogP contribution in [0, 0.1) is 5.82 Å². The maximum absolute atomic E-state index is 13.7. The zero-order chi connectivity index (χ0) is 11.8. The Morgan fingerprint density at radius 2 is 2.19 bits per heavy atom. The highest BCUT2D eigenvalue weighted by Crippen LogP contribution is 2.33. The minimum absolute atomic E-state index is 0.133. The SMILES string of the molecule is CC1(N)CC=C(c2cc(Br)ccc2F)CC1. The maximum Gasteiger partial charge on any atom is 0.130 e. The molecule has 1 aromatic carbocycles. The fraction of sp³-hybridized carbons (Fsp3) is 0.385. The molecule has 1 nitrogen and oxygen atoms in total. The molecule has 0 amide bonds. The molecule has 1 aromatic rings. The second-order valence-corrected chi connectivity index (χ2v) is 5.63. The Morgan fingerprint density at radius 3 is 2.81 bits per heavy atom. The van der Waals surface area contributed by atoms with Gasteiger partial charge in [0.05, 0.1) is 0 Å². The molecule has 16 heavy (non-hydrogen) atoms. The van der Waals surface area contributed by atoms with Crippen LogP contribution in [0.2, 0.25) is 0 Å². The molecule has 0 fully saturated rings. The Kier molecular flexibility index (Phi) is 3.17. The quantitative estimate of drug-likeness (QED) is 0.832. The van der Waals surface area contributed by atoms with E-state index in [0.29, 0.717) is 5.56 Å². The van der Waals surface area contributed by atoms with Crippen LogP contribution in [0.5, 0.6) is 0 Å². The van der Waals surface area contributed by atoms with Gasteiger partial charge in [-0.25, -0.2) is 4.39 Å². The predicted molar refractivity (Wildman–Crippen MR) is 68.5 cm³/mol.